The van der Waals surface area contributed by atoms with Crippen molar-refractivity contribution in [1.29, 1.82) is 0 Å². The first kappa shape index (κ1) is 18.9. The number of nitrogens with one attached hydrogen (secondary N) is 1. The predicted molar refractivity (Wildman–Crippen MR) is 106 cm³/mol. The number of β-amino-alcohol motifs (C(OH)–C–C–N with tert-alkyl or cyclic N) is 1. The number of aromatic nitrogens is 2. The molecule has 4 rings (SSSR count). The van der Waals surface area contributed by atoms with Gasteiger partial charge in [-0.05, 0) is 44.0 Å². The molecule has 2 aliphatic rings. The van der Waals surface area contributed by atoms with Crippen LogP contribution in [0.1, 0.15) is 18.4 Å². The summed E-state index contributed by atoms with van der Waals surface area (Å²) in [5, 5.41) is 13.0. The molecule has 8 heteroatoms. The minimum atomic E-state index is -1.48. The minimum absolute atomic E-state index is 0.00877. The highest BCUT2D eigenvalue weighted by Gasteiger charge is 2.34. The minimum Gasteiger partial charge on any atom is -0.391 e. The van der Waals surface area contributed by atoms with Crippen LogP contribution >= 0.6 is 0 Å². The third-order valence-corrected chi connectivity index (χ3v) is 5.31. The van der Waals surface area contributed by atoms with Crippen LogP contribution < -0.4 is 15.1 Å². The second-order valence-electron chi connectivity index (χ2n) is 7.55. The molecule has 28 heavy (non-hydrogen) atoms. The Morgan fingerprint density at radius 1 is 1.07 bits per heavy atom. The highest BCUT2D eigenvalue weighted by Crippen LogP contribution is 2.27. The van der Waals surface area contributed by atoms with Crippen molar-refractivity contribution in [2.45, 2.75) is 38.2 Å². The molecule has 0 aliphatic carbocycles. The number of hydrogen-bond acceptors (Lipinski definition) is 6. The lowest BCUT2D eigenvalue weighted by Gasteiger charge is -2.32. The molecular weight excluding hydrogens is 364 g/mol. The number of alkyl halides is 2. The molecule has 3 atom stereocenters. The van der Waals surface area contributed by atoms with E-state index in [-0.39, 0.29) is 19.2 Å². The summed E-state index contributed by atoms with van der Waals surface area (Å²) in [6.45, 7) is 3.44. The van der Waals surface area contributed by atoms with Gasteiger partial charge in [0.1, 0.15) is 5.82 Å². The zero-order valence-electron chi connectivity index (χ0n) is 15.9. The number of anilines is 4. The van der Waals surface area contributed by atoms with E-state index >= 15 is 0 Å². The van der Waals surface area contributed by atoms with Gasteiger partial charge in [0.05, 0.1) is 19.2 Å². The van der Waals surface area contributed by atoms with Crippen molar-refractivity contribution < 1.29 is 13.9 Å². The number of nitrogens with zero attached hydrogens (tertiary/aromatic N) is 4. The first-order valence-electron chi connectivity index (χ1n) is 9.66. The molecular formula is C20H25F2N5O. The summed E-state index contributed by atoms with van der Waals surface area (Å²) in [6.07, 6.45) is 0.263. The van der Waals surface area contributed by atoms with E-state index in [0.717, 1.165) is 36.3 Å². The lowest BCUT2D eigenvalue weighted by molar-refractivity contribution is 0.154. The van der Waals surface area contributed by atoms with E-state index in [4.69, 9.17) is 0 Å². The molecule has 0 saturated carbocycles. The Labute approximate surface area is 163 Å². The van der Waals surface area contributed by atoms with Gasteiger partial charge < -0.3 is 20.2 Å². The summed E-state index contributed by atoms with van der Waals surface area (Å²) < 4.78 is 27.1. The summed E-state index contributed by atoms with van der Waals surface area (Å²) in [7, 11) is 0. The van der Waals surface area contributed by atoms with Gasteiger partial charge in [0.2, 0.25) is 5.95 Å². The van der Waals surface area contributed by atoms with E-state index in [1.54, 1.807) is 11.1 Å². The Hall–Kier alpha value is -2.48. The largest absolute Gasteiger partial charge is 0.391 e. The van der Waals surface area contributed by atoms with Crippen LogP contribution in [0, 0.1) is 6.92 Å². The molecule has 1 aromatic carbocycles. The molecule has 2 N–H and O–H groups in total. The summed E-state index contributed by atoms with van der Waals surface area (Å²) in [5.41, 5.74) is 2.67. The van der Waals surface area contributed by atoms with Crippen LogP contribution in [0.25, 0.3) is 0 Å². The summed E-state index contributed by atoms with van der Waals surface area (Å²) in [6, 6.07) is 7.86. The Bertz CT molecular complexity index is 809. The maximum atomic E-state index is 13.6. The standard InChI is InChI=1S/C20H25F2N5O/c1-13-9-23-20(25-19(13)27-11-17(21)18(22)12-27)24-14-4-6-15(7-5-14)26-8-2-3-16(28)10-26/h4-7,9,16-18,28H,2-3,8,10-12H2,1H3,(H,23,24,25)/t16?,17-,18-/m0/s1. The van der Waals surface area contributed by atoms with Crippen LogP contribution in [0.15, 0.2) is 30.5 Å². The fourth-order valence-corrected chi connectivity index (χ4v) is 3.78. The maximum absolute atomic E-state index is 13.6. The molecule has 150 valence electrons. The van der Waals surface area contributed by atoms with Gasteiger partial charge in [-0.3, -0.25) is 0 Å². The van der Waals surface area contributed by atoms with E-state index in [0.29, 0.717) is 18.3 Å². The third-order valence-electron chi connectivity index (χ3n) is 5.31. The second kappa shape index (κ2) is 7.87. The number of halogens is 2. The second-order valence-corrected chi connectivity index (χ2v) is 7.55. The molecule has 0 spiro atoms. The molecule has 2 aliphatic heterocycles. The monoisotopic (exact) mass is 389 g/mol. The molecule has 6 nitrogen and oxygen atoms in total. The van der Waals surface area contributed by atoms with Crippen molar-refractivity contribution in [3.05, 3.63) is 36.0 Å². The molecule has 0 amide bonds. The lowest BCUT2D eigenvalue weighted by Crippen LogP contribution is -2.38. The first-order valence-corrected chi connectivity index (χ1v) is 9.66. The molecule has 3 heterocycles. The number of rotatable bonds is 4. The molecule has 2 aromatic rings. The molecule has 1 unspecified atom stereocenters. The van der Waals surface area contributed by atoms with Crippen LogP contribution in [0.4, 0.5) is 31.9 Å². The fraction of sp³-hybridized carbons (Fsp3) is 0.500. The van der Waals surface area contributed by atoms with Crippen molar-refractivity contribution in [2.24, 2.45) is 0 Å². The van der Waals surface area contributed by atoms with Crippen LogP contribution in [-0.2, 0) is 0 Å². The van der Waals surface area contributed by atoms with E-state index < -0.39 is 12.3 Å². The fourth-order valence-electron chi connectivity index (χ4n) is 3.78. The third kappa shape index (κ3) is 4.01. The van der Waals surface area contributed by atoms with Gasteiger partial charge in [-0.25, -0.2) is 13.8 Å². The number of hydrogen-bond donors (Lipinski definition) is 2. The number of benzene rings is 1. The van der Waals surface area contributed by atoms with E-state index in [1.807, 2.05) is 31.2 Å². The highest BCUT2D eigenvalue weighted by atomic mass is 19.2. The average Bonchev–Trinajstić information content (AvgIpc) is 3.02. The zero-order valence-corrected chi connectivity index (χ0v) is 15.9. The smallest absolute Gasteiger partial charge is 0.229 e. The Morgan fingerprint density at radius 2 is 1.79 bits per heavy atom. The van der Waals surface area contributed by atoms with E-state index in [2.05, 4.69) is 20.2 Å². The Kier molecular flexibility index (Phi) is 5.30. The Morgan fingerprint density at radius 3 is 2.46 bits per heavy atom. The van der Waals surface area contributed by atoms with E-state index in [9.17, 15) is 13.9 Å². The number of aliphatic hydroxyl groups excluding tert-OH is 1. The summed E-state index contributed by atoms with van der Waals surface area (Å²) in [5.74, 6) is 0.943. The lowest BCUT2D eigenvalue weighted by atomic mass is 10.1. The quantitative estimate of drug-likeness (QED) is 0.838. The maximum Gasteiger partial charge on any atom is 0.229 e. The van der Waals surface area contributed by atoms with Crippen LogP contribution in [0.5, 0.6) is 0 Å². The molecule has 1 aromatic heterocycles. The topological polar surface area (TPSA) is 64.5 Å². The van der Waals surface area contributed by atoms with Gasteiger partial charge >= 0.3 is 0 Å². The SMILES string of the molecule is Cc1cnc(Nc2ccc(N3CCCC(O)C3)cc2)nc1N1C[C@H](F)[C@@H](F)C1. The van der Waals surface area contributed by atoms with Crippen LogP contribution in [-0.4, -0.2) is 59.7 Å². The normalized spacial score (nSPS) is 25.2. The van der Waals surface area contributed by atoms with Crippen LogP contribution in [0.2, 0.25) is 0 Å². The predicted octanol–water partition coefficient (Wildman–Crippen LogP) is 2.99. The van der Waals surface area contributed by atoms with Gasteiger partial charge in [0, 0.05) is 36.2 Å². The van der Waals surface area contributed by atoms with E-state index in [1.165, 1.54) is 0 Å². The van der Waals surface area contributed by atoms with Crippen molar-refractivity contribution in [3.8, 4) is 0 Å². The summed E-state index contributed by atoms with van der Waals surface area (Å²) >= 11 is 0. The molecule has 2 saturated heterocycles. The number of aliphatic hydroxyl groups is 1. The first-order chi connectivity index (χ1) is 13.5. The summed E-state index contributed by atoms with van der Waals surface area (Å²) in [4.78, 5) is 12.6. The highest BCUT2D eigenvalue weighted by molar-refractivity contribution is 5.61. The number of piperidine rings is 1. The van der Waals surface area contributed by atoms with Crippen LogP contribution in [0.3, 0.4) is 0 Å². The number of aryl methyl sites for hydroxylation is 1. The van der Waals surface area contributed by atoms with Crippen molar-refractivity contribution >= 4 is 23.1 Å². The van der Waals surface area contributed by atoms with Gasteiger partial charge in [0.25, 0.3) is 0 Å². The molecule has 0 radical (unpaired) electrons. The van der Waals surface area contributed by atoms with Gasteiger partial charge in [-0.15, -0.1) is 0 Å². The van der Waals surface area contributed by atoms with Crippen molar-refractivity contribution in [2.75, 3.05) is 41.3 Å². The van der Waals surface area contributed by atoms with Crippen molar-refractivity contribution in [3.63, 3.8) is 0 Å². The van der Waals surface area contributed by atoms with Gasteiger partial charge in [-0.2, -0.15) is 4.98 Å². The Balaban J connectivity index is 1.46. The van der Waals surface area contributed by atoms with Crippen molar-refractivity contribution in [1.82, 2.24) is 9.97 Å². The van der Waals surface area contributed by atoms with Gasteiger partial charge in [-0.1, -0.05) is 0 Å². The molecule has 0 bridgehead atoms. The zero-order chi connectivity index (χ0) is 19.7. The van der Waals surface area contributed by atoms with Gasteiger partial charge in [0.15, 0.2) is 12.3 Å². The average molecular weight is 389 g/mol. The molecule has 2 fully saturated rings.